The number of carbonyl (C=O) groups excluding carboxylic acids is 3. The van der Waals surface area contributed by atoms with Crippen molar-refractivity contribution in [2.24, 2.45) is 5.16 Å². The molecule has 4 N–H and O–H groups in total. The maximum Gasteiger partial charge on any atom is 0.276 e. The van der Waals surface area contributed by atoms with E-state index < -0.39 is 34.9 Å². The van der Waals surface area contributed by atoms with Gasteiger partial charge in [-0.2, -0.15) is 4.98 Å². The van der Waals surface area contributed by atoms with Gasteiger partial charge in [-0.25, -0.2) is 9.55 Å². The molecule has 36 heavy (non-hydrogen) atoms. The second-order valence-corrected chi connectivity index (χ2v) is 9.63. The number of thiazole rings is 1. The van der Waals surface area contributed by atoms with Crippen molar-refractivity contribution in [1.29, 1.82) is 0 Å². The van der Waals surface area contributed by atoms with Gasteiger partial charge in [0.15, 0.2) is 29.8 Å². The molecule has 2 amide bonds. The van der Waals surface area contributed by atoms with Crippen LogP contribution in [0.5, 0.6) is 0 Å². The highest BCUT2D eigenvalue weighted by atomic mass is 32.2. The van der Waals surface area contributed by atoms with E-state index in [-0.39, 0.29) is 28.8 Å². The van der Waals surface area contributed by atoms with Crippen molar-refractivity contribution in [1.82, 2.24) is 25.3 Å². The maximum atomic E-state index is 12.9. The Morgan fingerprint density at radius 1 is 1.39 bits per heavy atom. The van der Waals surface area contributed by atoms with Crippen molar-refractivity contribution >= 4 is 51.7 Å². The molecule has 0 bridgehead atoms. The molecule has 1 saturated heterocycles. The molecule has 2 aliphatic heterocycles. The van der Waals surface area contributed by atoms with Crippen molar-refractivity contribution in [3.8, 4) is 11.4 Å². The number of carboxylic acids is 1. The summed E-state index contributed by atoms with van der Waals surface area (Å²) in [6.07, 6.45) is 4.67. The number of pyridine rings is 1. The van der Waals surface area contributed by atoms with E-state index in [0.717, 1.165) is 21.8 Å². The van der Waals surface area contributed by atoms with Gasteiger partial charge in [-0.15, -0.1) is 23.1 Å². The van der Waals surface area contributed by atoms with Crippen molar-refractivity contribution in [3.05, 3.63) is 53.3 Å². The SMILES string of the molecule is Nc1nc(C(=NO)C(=O)N[C@@H]2C(=O)N3C(C(=O)[O-])=C(C[n+]4ccc(-c5ncon5)cc4)CS[C@@H]23)cs1. The number of carboxylic acid groups (broad SMARTS) is 1. The molecule has 0 aromatic carbocycles. The van der Waals surface area contributed by atoms with Crippen molar-refractivity contribution in [2.75, 3.05) is 11.5 Å². The number of nitrogen functional groups attached to an aromatic ring is 1. The van der Waals surface area contributed by atoms with E-state index in [4.69, 9.17) is 10.3 Å². The zero-order valence-electron chi connectivity index (χ0n) is 18.1. The lowest BCUT2D eigenvalue weighted by atomic mass is 10.0. The fourth-order valence-corrected chi connectivity index (χ4v) is 5.73. The number of oxime groups is 1. The van der Waals surface area contributed by atoms with E-state index in [2.05, 4.69) is 25.6 Å². The minimum absolute atomic E-state index is 0.0532. The van der Waals surface area contributed by atoms with E-state index in [1.54, 1.807) is 29.1 Å². The number of hydrogen-bond donors (Lipinski definition) is 3. The van der Waals surface area contributed by atoms with Crippen LogP contribution >= 0.6 is 23.1 Å². The fourth-order valence-electron chi connectivity index (χ4n) is 3.84. The van der Waals surface area contributed by atoms with Crippen LogP contribution in [0.2, 0.25) is 0 Å². The van der Waals surface area contributed by atoms with Crippen LogP contribution in [0.3, 0.4) is 0 Å². The summed E-state index contributed by atoms with van der Waals surface area (Å²) in [6, 6.07) is 2.48. The predicted octanol–water partition coefficient (Wildman–Crippen LogP) is -1.65. The Balaban J connectivity index is 1.32. The highest BCUT2D eigenvalue weighted by Crippen LogP contribution is 2.40. The van der Waals surface area contributed by atoms with Gasteiger partial charge in [0.1, 0.15) is 17.1 Å². The van der Waals surface area contributed by atoms with Gasteiger partial charge in [0.05, 0.1) is 11.7 Å². The van der Waals surface area contributed by atoms with E-state index in [9.17, 15) is 24.7 Å². The van der Waals surface area contributed by atoms with E-state index >= 15 is 0 Å². The highest BCUT2D eigenvalue weighted by Gasteiger charge is 2.53. The average Bonchev–Trinajstić information content (AvgIpc) is 3.55. The molecule has 184 valence electrons. The summed E-state index contributed by atoms with van der Waals surface area (Å²) < 4.78 is 6.48. The van der Waals surface area contributed by atoms with Gasteiger partial charge >= 0.3 is 0 Å². The number of nitrogens with two attached hydrogens (primary N) is 1. The summed E-state index contributed by atoms with van der Waals surface area (Å²) in [5, 5.41) is 31.4. The first-order valence-corrected chi connectivity index (χ1v) is 12.2. The summed E-state index contributed by atoms with van der Waals surface area (Å²) in [4.78, 5) is 46.5. The molecule has 2 aliphatic rings. The number of aromatic nitrogens is 4. The number of anilines is 1. The third-order valence-electron chi connectivity index (χ3n) is 5.49. The molecule has 14 nitrogen and oxygen atoms in total. The van der Waals surface area contributed by atoms with Crippen molar-refractivity contribution in [3.63, 3.8) is 0 Å². The first kappa shape index (κ1) is 23.4. The average molecular weight is 529 g/mol. The smallest absolute Gasteiger partial charge is 0.276 e. The van der Waals surface area contributed by atoms with Crippen LogP contribution in [0, 0.1) is 0 Å². The first-order valence-electron chi connectivity index (χ1n) is 10.3. The zero-order valence-corrected chi connectivity index (χ0v) is 19.7. The van der Waals surface area contributed by atoms with Crippen LogP contribution in [0.15, 0.2) is 57.2 Å². The normalized spacial score (nSPS) is 19.6. The second-order valence-electron chi connectivity index (χ2n) is 7.63. The fraction of sp³-hybridized carbons (Fsp3) is 0.200. The summed E-state index contributed by atoms with van der Waals surface area (Å²) in [5.41, 5.74) is 6.16. The maximum absolute atomic E-state index is 12.9. The number of β-lactam (4-membered cyclic amide) rings is 1. The van der Waals surface area contributed by atoms with Crippen LogP contribution in [0.1, 0.15) is 5.69 Å². The summed E-state index contributed by atoms with van der Waals surface area (Å²) in [6.45, 7) is 0.197. The molecular formula is C20H16N8O6S2. The van der Waals surface area contributed by atoms with E-state index in [0.29, 0.717) is 11.4 Å². The molecule has 2 atom stereocenters. The Kier molecular flexibility index (Phi) is 6.11. The molecule has 0 unspecified atom stereocenters. The Hall–Kier alpha value is -4.31. The van der Waals surface area contributed by atoms with E-state index in [1.165, 1.54) is 23.5 Å². The minimum atomic E-state index is -1.49. The highest BCUT2D eigenvalue weighted by molar-refractivity contribution is 8.00. The molecule has 5 heterocycles. The first-order chi connectivity index (χ1) is 17.4. The molecule has 16 heteroatoms. The number of thioether (sulfide) groups is 1. The molecule has 0 saturated carbocycles. The second kappa shape index (κ2) is 9.38. The number of amides is 2. The molecule has 0 spiro atoms. The third-order valence-corrected chi connectivity index (χ3v) is 7.50. The molecule has 3 aromatic rings. The van der Waals surface area contributed by atoms with Crippen LogP contribution in [0.4, 0.5) is 5.13 Å². The summed E-state index contributed by atoms with van der Waals surface area (Å²) in [7, 11) is 0. The van der Waals surface area contributed by atoms with Gasteiger partial charge in [0, 0.05) is 34.4 Å². The number of nitrogens with zero attached hydrogens (tertiary/aromatic N) is 6. The molecular weight excluding hydrogens is 512 g/mol. The number of carbonyl (C=O) groups is 3. The molecule has 5 rings (SSSR count). The number of rotatable bonds is 7. The minimum Gasteiger partial charge on any atom is -0.543 e. The summed E-state index contributed by atoms with van der Waals surface area (Å²) in [5.74, 6) is -2.26. The number of hydrogen-bond acceptors (Lipinski definition) is 13. The third kappa shape index (κ3) is 4.16. The monoisotopic (exact) mass is 528 g/mol. The standard InChI is InChI=1S/C20H16N8O6S2/c21-20-23-11(7-36-20)12(25-33)16(29)24-13-17(30)28-14(19(31)32)10(6-35-18(13)28)5-27-3-1-9(2-4-27)15-22-8-34-26-15/h1-4,7-8,13,18H,5-6H2,(H4-,21,23,24,29,31,32,33)/t13-,18+/m1/s1. The molecule has 0 aliphatic carbocycles. The Labute approximate surface area is 210 Å². The van der Waals surface area contributed by atoms with Crippen LogP contribution in [-0.2, 0) is 20.9 Å². The molecule has 0 radical (unpaired) electrons. The Bertz CT molecular complexity index is 1400. The number of nitrogens with one attached hydrogen (secondary N) is 1. The van der Waals surface area contributed by atoms with Gasteiger partial charge in [-0.1, -0.05) is 10.3 Å². The van der Waals surface area contributed by atoms with Crippen molar-refractivity contribution < 1.29 is 33.8 Å². The zero-order chi connectivity index (χ0) is 25.4. The lowest BCUT2D eigenvalue weighted by molar-refractivity contribution is -0.689. The van der Waals surface area contributed by atoms with Crippen LogP contribution < -0.4 is 20.7 Å². The Morgan fingerprint density at radius 3 is 2.78 bits per heavy atom. The number of aliphatic carboxylic acids is 1. The van der Waals surface area contributed by atoms with Gasteiger partial charge in [0.25, 0.3) is 11.8 Å². The van der Waals surface area contributed by atoms with Gasteiger partial charge in [-0.05, 0) is 0 Å². The van der Waals surface area contributed by atoms with Gasteiger partial charge < -0.3 is 30.7 Å². The van der Waals surface area contributed by atoms with Crippen LogP contribution in [-0.4, -0.2) is 65.9 Å². The van der Waals surface area contributed by atoms with E-state index in [1.807, 2.05) is 0 Å². The molecule has 3 aromatic heterocycles. The number of fused-ring (bicyclic) bond motifs is 1. The lowest BCUT2D eigenvalue weighted by Gasteiger charge is -2.50. The quantitative estimate of drug-likeness (QED) is 0.104. The van der Waals surface area contributed by atoms with Gasteiger partial charge in [0.2, 0.25) is 12.2 Å². The predicted molar refractivity (Wildman–Crippen MR) is 122 cm³/mol. The summed E-state index contributed by atoms with van der Waals surface area (Å²) >= 11 is 2.35. The van der Waals surface area contributed by atoms with Crippen molar-refractivity contribution in [2.45, 2.75) is 18.0 Å². The topological polar surface area (TPSA) is 204 Å². The Morgan fingerprint density at radius 2 is 2.17 bits per heavy atom. The van der Waals surface area contributed by atoms with Gasteiger partial charge in [-0.3, -0.25) is 14.5 Å². The largest absolute Gasteiger partial charge is 0.543 e. The lowest BCUT2D eigenvalue weighted by Crippen LogP contribution is -2.71. The molecule has 1 fully saturated rings. The van der Waals surface area contributed by atoms with Crippen LogP contribution in [0.25, 0.3) is 11.4 Å².